The minimum Gasteiger partial charge on any atom is -0.478 e. The topological polar surface area (TPSA) is 104 Å². The highest BCUT2D eigenvalue weighted by atomic mass is 16.4. The summed E-state index contributed by atoms with van der Waals surface area (Å²) in [5.74, 6) is -1.19. The first-order valence-electron chi connectivity index (χ1n) is 6.31. The summed E-state index contributed by atoms with van der Waals surface area (Å²) >= 11 is 0. The number of carboxylic acids is 1. The summed E-state index contributed by atoms with van der Waals surface area (Å²) in [6.45, 7) is 7.40. The highest BCUT2D eigenvalue weighted by Gasteiger charge is 2.19. The molecule has 1 atom stereocenters. The summed E-state index contributed by atoms with van der Waals surface area (Å²) in [7, 11) is 0. The number of amides is 1. The maximum absolute atomic E-state index is 11.9. The van der Waals surface area contributed by atoms with E-state index in [1.165, 1.54) is 12.1 Å². The average molecular weight is 279 g/mol. The zero-order valence-corrected chi connectivity index (χ0v) is 12.2. The molecule has 1 amide bonds. The van der Waals surface area contributed by atoms with Crippen molar-refractivity contribution in [2.24, 2.45) is 0 Å². The minimum atomic E-state index is -1.04. The van der Waals surface area contributed by atoms with Crippen LogP contribution in [-0.2, 0) is 4.79 Å². The standard InChI is InChI=1S/C14H21N3O3/c1-8(12(18)17-14(2,3)4)16-11-6-5-9(13(19)20)7-10(11)15/h5-8,16H,15H2,1-4H3,(H,17,18)(H,19,20). The van der Waals surface area contributed by atoms with Gasteiger partial charge in [0.25, 0.3) is 0 Å². The van der Waals surface area contributed by atoms with Crippen LogP contribution in [-0.4, -0.2) is 28.6 Å². The SMILES string of the molecule is CC(Nc1ccc(C(=O)O)cc1N)C(=O)NC(C)(C)C. The average Bonchev–Trinajstić information content (AvgIpc) is 2.29. The van der Waals surface area contributed by atoms with E-state index in [0.717, 1.165) is 0 Å². The second kappa shape index (κ2) is 5.81. The summed E-state index contributed by atoms with van der Waals surface area (Å²) in [6.07, 6.45) is 0. The number of hydrogen-bond donors (Lipinski definition) is 4. The first-order valence-corrected chi connectivity index (χ1v) is 6.31. The van der Waals surface area contributed by atoms with Crippen LogP contribution in [0.3, 0.4) is 0 Å². The number of carbonyl (C=O) groups excluding carboxylic acids is 1. The predicted molar refractivity (Wildman–Crippen MR) is 78.8 cm³/mol. The van der Waals surface area contributed by atoms with Crippen LogP contribution < -0.4 is 16.4 Å². The molecule has 5 N–H and O–H groups in total. The lowest BCUT2D eigenvalue weighted by atomic mass is 10.1. The van der Waals surface area contributed by atoms with Crippen molar-refractivity contribution in [3.8, 4) is 0 Å². The fraction of sp³-hybridized carbons (Fsp3) is 0.429. The van der Waals surface area contributed by atoms with Crippen LogP contribution in [0.25, 0.3) is 0 Å². The Kier molecular flexibility index (Phi) is 4.60. The van der Waals surface area contributed by atoms with Crippen molar-refractivity contribution in [1.29, 1.82) is 0 Å². The van der Waals surface area contributed by atoms with Gasteiger partial charge >= 0.3 is 5.97 Å². The third kappa shape index (κ3) is 4.46. The van der Waals surface area contributed by atoms with Crippen molar-refractivity contribution in [1.82, 2.24) is 5.32 Å². The number of carbonyl (C=O) groups is 2. The van der Waals surface area contributed by atoms with Crippen LogP contribution in [0.5, 0.6) is 0 Å². The quantitative estimate of drug-likeness (QED) is 0.628. The monoisotopic (exact) mass is 279 g/mol. The number of anilines is 2. The molecule has 0 saturated carbocycles. The van der Waals surface area contributed by atoms with E-state index in [4.69, 9.17) is 10.8 Å². The molecule has 1 aromatic rings. The fourth-order valence-corrected chi connectivity index (χ4v) is 1.60. The van der Waals surface area contributed by atoms with Crippen LogP contribution >= 0.6 is 0 Å². The minimum absolute atomic E-state index is 0.111. The summed E-state index contributed by atoms with van der Waals surface area (Å²) in [4.78, 5) is 22.8. The van der Waals surface area contributed by atoms with Crippen molar-refractivity contribution in [3.63, 3.8) is 0 Å². The van der Waals surface area contributed by atoms with Crippen molar-refractivity contribution in [2.45, 2.75) is 39.3 Å². The predicted octanol–water partition coefficient (Wildman–Crippen LogP) is 1.68. The van der Waals surface area contributed by atoms with Gasteiger partial charge < -0.3 is 21.5 Å². The molecule has 0 aromatic heterocycles. The number of nitrogens with two attached hydrogens (primary N) is 1. The number of carboxylic acid groups (broad SMARTS) is 1. The molecule has 1 unspecified atom stereocenters. The van der Waals surface area contributed by atoms with E-state index >= 15 is 0 Å². The highest BCUT2D eigenvalue weighted by Crippen LogP contribution is 2.21. The van der Waals surface area contributed by atoms with E-state index in [-0.39, 0.29) is 17.0 Å². The lowest BCUT2D eigenvalue weighted by Gasteiger charge is -2.24. The molecule has 0 bridgehead atoms. The zero-order valence-electron chi connectivity index (χ0n) is 12.2. The molecule has 0 saturated heterocycles. The van der Waals surface area contributed by atoms with Gasteiger partial charge in [0.1, 0.15) is 6.04 Å². The van der Waals surface area contributed by atoms with Crippen molar-refractivity contribution in [3.05, 3.63) is 23.8 Å². The molecule has 20 heavy (non-hydrogen) atoms. The van der Waals surface area contributed by atoms with E-state index in [1.54, 1.807) is 13.0 Å². The van der Waals surface area contributed by atoms with E-state index in [9.17, 15) is 9.59 Å². The lowest BCUT2D eigenvalue weighted by Crippen LogP contribution is -2.47. The van der Waals surface area contributed by atoms with E-state index < -0.39 is 12.0 Å². The van der Waals surface area contributed by atoms with Crippen LogP contribution in [0.4, 0.5) is 11.4 Å². The molecule has 0 aliphatic heterocycles. The Hall–Kier alpha value is -2.24. The van der Waals surface area contributed by atoms with Crippen molar-refractivity contribution >= 4 is 23.3 Å². The molecule has 0 spiro atoms. The Morgan fingerprint density at radius 3 is 2.35 bits per heavy atom. The Labute approximate surface area is 118 Å². The van der Waals surface area contributed by atoms with Gasteiger partial charge in [-0.25, -0.2) is 4.79 Å². The number of rotatable bonds is 4. The van der Waals surface area contributed by atoms with Gasteiger partial charge in [-0.15, -0.1) is 0 Å². The third-order valence-corrected chi connectivity index (χ3v) is 2.56. The molecule has 0 heterocycles. The van der Waals surface area contributed by atoms with Gasteiger partial charge in [-0.05, 0) is 45.9 Å². The Morgan fingerprint density at radius 2 is 1.90 bits per heavy atom. The number of benzene rings is 1. The van der Waals surface area contributed by atoms with E-state index in [2.05, 4.69) is 10.6 Å². The summed E-state index contributed by atoms with van der Waals surface area (Å²) in [6, 6.07) is 3.88. The van der Waals surface area contributed by atoms with Gasteiger partial charge in [0.15, 0.2) is 0 Å². The van der Waals surface area contributed by atoms with Gasteiger partial charge in [0.2, 0.25) is 5.91 Å². The van der Waals surface area contributed by atoms with Gasteiger partial charge in [-0.1, -0.05) is 0 Å². The van der Waals surface area contributed by atoms with Gasteiger partial charge in [0.05, 0.1) is 16.9 Å². The first-order chi connectivity index (χ1) is 9.10. The molecule has 0 radical (unpaired) electrons. The number of aromatic carboxylic acids is 1. The highest BCUT2D eigenvalue weighted by molar-refractivity contribution is 5.91. The molecule has 0 aliphatic rings. The Bertz CT molecular complexity index is 521. The number of hydrogen-bond acceptors (Lipinski definition) is 4. The maximum Gasteiger partial charge on any atom is 0.335 e. The molecule has 110 valence electrons. The molecular weight excluding hydrogens is 258 g/mol. The number of nitrogens with one attached hydrogen (secondary N) is 2. The molecule has 0 fully saturated rings. The third-order valence-electron chi connectivity index (χ3n) is 2.56. The second-order valence-electron chi connectivity index (χ2n) is 5.71. The van der Waals surface area contributed by atoms with Gasteiger partial charge in [-0.2, -0.15) is 0 Å². The number of nitrogen functional groups attached to an aromatic ring is 1. The van der Waals surface area contributed by atoms with Gasteiger partial charge in [-0.3, -0.25) is 4.79 Å². The molecule has 6 heteroatoms. The summed E-state index contributed by atoms with van der Waals surface area (Å²) in [5, 5.41) is 14.7. The summed E-state index contributed by atoms with van der Waals surface area (Å²) < 4.78 is 0. The molecule has 1 rings (SSSR count). The smallest absolute Gasteiger partial charge is 0.335 e. The maximum atomic E-state index is 11.9. The zero-order chi connectivity index (χ0) is 15.5. The van der Waals surface area contributed by atoms with Crippen molar-refractivity contribution < 1.29 is 14.7 Å². The molecule has 1 aromatic carbocycles. The Morgan fingerprint density at radius 1 is 1.30 bits per heavy atom. The first kappa shape index (κ1) is 15.8. The molecule has 0 aliphatic carbocycles. The fourth-order valence-electron chi connectivity index (χ4n) is 1.60. The van der Waals surface area contributed by atoms with Crippen LogP contribution in [0, 0.1) is 0 Å². The van der Waals surface area contributed by atoms with Crippen molar-refractivity contribution in [2.75, 3.05) is 11.1 Å². The largest absolute Gasteiger partial charge is 0.478 e. The van der Waals surface area contributed by atoms with Crippen LogP contribution in [0.1, 0.15) is 38.1 Å². The Balaban J connectivity index is 2.78. The molecular formula is C14H21N3O3. The van der Waals surface area contributed by atoms with Crippen LogP contribution in [0.2, 0.25) is 0 Å². The van der Waals surface area contributed by atoms with Gasteiger partial charge in [0, 0.05) is 5.54 Å². The lowest BCUT2D eigenvalue weighted by molar-refractivity contribution is -0.122. The molecule has 6 nitrogen and oxygen atoms in total. The van der Waals surface area contributed by atoms with E-state index in [1.807, 2.05) is 20.8 Å². The summed E-state index contributed by atoms with van der Waals surface area (Å²) in [5.41, 5.74) is 6.40. The van der Waals surface area contributed by atoms with E-state index in [0.29, 0.717) is 11.4 Å². The second-order valence-corrected chi connectivity index (χ2v) is 5.71. The van der Waals surface area contributed by atoms with Crippen LogP contribution in [0.15, 0.2) is 18.2 Å². The normalized spacial score (nSPS) is 12.6.